The first kappa shape index (κ1) is 14.2. The number of fused-ring (bicyclic) bond motifs is 1. The smallest absolute Gasteiger partial charge is 0.416 e. The molecule has 2 N–H and O–H groups in total. The zero-order valence-electron chi connectivity index (χ0n) is 11.1. The molecular formula is C16H10F3NO2. The lowest BCUT2D eigenvalue weighted by Crippen LogP contribution is -2.05. The summed E-state index contributed by atoms with van der Waals surface area (Å²) in [5.74, 6) is 0.0772. The molecule has 0 bridgehead atoms. The number of benzene rings is 2. The molecule has 2 aromatic carbocycles. The van der Waals surface area contributed by atoms with Crippen molar-refractivity contribution in [2.24, 2.45) is 0 Å². The van der Waals surface area contributed by atoms with Gasteiger partial charge in [-0.25, -0.2) is 0 Å². The normalized spacial score (nSPS) is 11.8. The van der Waals surface area contributed by atoms with Crippen molar-refractivity contribution in [3.05, 3.63) is 64.3 Å². The van der Waals surface area contributed by atoms with E-state index in [-0.39, 0.29) is 27.7 Å². The van der Waals surface area contributed by atoms with Crippen molar-refractivity contribution in [2.75, 3.05) is 5.73 Å². The van der Waals surface area contributed by atoms with Gasteiger partial charge in [-0.3, -0.25) is 4.79 Å². The molecule has 0 radical (unpaired) electrons. The maximum Gasteiger partial charge on any atom is 0.416 e. The zero-order valence-corrected chi connectivity index (χ0v) is 11.1. The maximum absolute atomic E-state index is 12.8. The van der Waals surface area contributed by atoms with E-state index in [2.05, 4.69) is 0 Å². The van der Waals surface area contributed by atoms with Gasteiger partial charge in [-0.15, -0.1) is 0 Å². The fraction of sp³-hybridized carbons (Fsp3) is 0.0625. The Morgan fingerprint density at radius 1 is 1.00 bits per heavy atom. The van der Waals surface area contributed by atoms with Gasteiger partial charge in [0.1, 0.15) is 11.3 Å². The molecule has 22 heavy (non-hydrogen) atoms. The Hall–Kier alpha value is -2.76. The lowest BCUT2D eigenvalue weighted by atomic mass is 10.1. The summed E-state index contributed by atoms with van der Waals surface area (Å²) in [6, 6.07) is 10.3. The molecule has 0 atom stereocenters. The van der Waals surface area contributed by atoms with E-state index in [0.29, 0.717) is 5.69 Å². The second kappa shape index (κ2) is 4.91. The van der Waals surface area contributed by atoms with Gasteiger partial charge in [0.25, 0.3) is 0 Å². The van der Waals surface area contributed by atoms with Crippen LogP contribution in [0.3, 0.4) is 0 Å². The van der Waals surface area contributed by atoms with Crippen LogP contribution in [0.5, 0.6) is 0 Å². The van der Waals surface area contributed by atoms with Crippen LogP contribution >= 0.6 is 0 Å². The summed E-state index contributed by atoms with van der Waals surface area (Å²) >= 11 is 0. The van der Waals surface area contributed by atoms with Crippen LogP contribution in [0.25, 0.3) is 22.3 Å². The van der Waals surface area contributed by atoms with E-state index in [0.717, 1.165) is 18.2 Å². The van der Waals surface area contributed by atoms with Crippen molar-refractivity contribution in [2.45, 2.75) is 6.18 Å². The first-order chi connectivity index (χ1) is 10.3. The van der Waals surface area contributed by atoms with E-state index in [9.17, 15) is 18.0 Å². The molecule has 112 valence electrons. The van der Waals surface area contributed by atoms with Crippen molar-refractivity contribution in [1.29, 1.82) is 0 Å². The number of hydrogen-bond acceptors (Lipinski definition) is 3. The van der Waals surface area contributed by atoms with Crippen LogP contribution in [-0.2, 0) is 6.18 Å². The van der Waals surface area contributed by atoms with E-state index in [4.69, 9.17) is 10.2 Å². The highest BCUT2D eigenvalue weighted by atomic mass is 19.4. The fourth-order valence-corrected chi connectivity index (χ4v) is 2.16. The molecule has 0 spiro atoms. The quantitative estimate of drug-likeness (QED) is 0.690. The minimum absolute atomic E-state index is 0.0772. The lowest BCUT2D eigenvalue weighted by molar-refractivity contribution is -0.137. The molecule has 3 aromatic rings. The highest BCUT2D eigenvalue weighted by molar-refractivity contribution is 5.81. The first-order valence-electron chi connectivity index (χ1n) is 6.35. The number of alkyl halides is 3. The van der Waals surface area contributed by atoms with E-state index >= 15 is 0 Å². The third-order valence-corrected chi connectivity index (χ3v) is 3.23. The Morgan fingerprint density at radius 2 is 1.77 bits per heavy atom. The molecule has 0 fully saturated rings. The molecule has 3 nitrogen and oxygen atoms in total. The van der Waals surface area contributed by atoms with Crippen molar-refractivity contribution in [3.8, 4) is 11.3 Å². The third kappa shape index (κ3) is 2.55. The summed E-state index contributed by atoms with van der Waals surface area (Å²) in [6.45, 7) is 0. The van der Waals surface area contributed by atoms with Gasteiger partial charge in [-0.05, 0) is 30.3 Å². The van der Waals surface area contributed by atoms with Crippen LogP contribution in [0.2, 0.25) is 0 Å². The molecule has 6 heteroatoms. The average Bonchev–Trinajstić information content (AvgIpc) is 2.47. The number of rotatable bonds is 1. The lowest BCUT2D eigenvalue weighted by Gasteiger charge is -2.09. The summed E-state index contributed by atoms with van der Waals surface area (Å²) in [4.78, 5) is 12.1. The molecule has 0 saturated carbocycles. The Balaban J connectivity index is 2.19. The molecule has 0 saturated heterocycles. The van der Waals surface area contributed by atoms with Gasteiger partial charge in [0.05, 0.1) is 10.9 Å². The Bertz CT molecular complexity index is 913. The van der Waals surface area contributed by atoms with Gasteiger partial charge in [-0.1, -0.05) is 12.1 Å². The van der Waals surface area contributed by atoms with Gasteiger partial charge in [0, 0.05) is 17.3 Å². The molecule has 0 aliphatic rings. The number of halogens is 3. The van der Waals surface area contributed by atoms with Crippen LogP contribution in [0.15, 0.2) is 57.7 Å². The SMILES string of the molecule is Nc1ccc2oc(-c3cccc(C(F)(F)F)c3)cc(=O)c2c1. The Kier molecular flexibility index (Phi) is 3.16. The van der Waals surface area contributed by atoms with Gasteiger partial charge in [-0.2, -0.15) is 13.2 Å². The largest absolute Gasteiger partial charge is 0.456 e. The van der Waals surface area contributed by atoms with Gasteiger partial charge in [0.15, 0.2) is 5.43 Å². The van der Waals surface area contributed by atoms with Crippen molar-refractivity contribution < 1.29 is 17.6 Å². The first-order valence-corrected chi connectivity index (χ1v) is 6.35. The van der Waals surface area contributed by atoms with E-state index in [1.54, 1.807) is 6.07 Å². The molecule has 1 heterocycles. The van der Waals surface area contributed by atoms with Crippen LogP contribution in [0.4, 0.5) is 18.9 Å². The number of hydrogen-bond donors (Lipinski definition) is 1. The fourth-order valence-electron chi connectivity index (χ4n) is 2.16. The standard InChI is InChI=1S/C16H10F3NO2/c17-16(18,19)10-3-1-2-9(6-10)15-8-13(21)12-7-11(20)4-5-14(12)22-15/h1-8H,20H2. The third-order valence-electron chi connectivity index (χ3n) is 3.23. The van der Waals surface area contributed by atoms with Crippen molar-refractivity contribution >= 4 is 16.7 Å². The minimum Gasteiger partial charge on any atom is -0.456 e. The summed E-state index contributed by atoms with van der Waals surface area (Å²) < 4.78 is 43.8. The Morgan fingerprint density at radius 3 is 2.50 bits per heavy atom. The monoisotopic (exact) mass is 305 g/mol. The number of nitrogen functional groups attached to an aromatic ring is 1. The van der Waals surface area contributed by atoms with E-state index < -0.39 is 11.7 Å². The van der Waals surface area contributed by atoms with Crippen LogP contribution < -0.4 is 11.2 Å². The van der Waals surface area contributed by atoms with Gasteiger partial charge in [0.2, 0.25) is 0 Å². The summed E-state index contributed by atoms with van der Waals surface area (Å²) in [5, 5.41) is 0.288. The number of anilines is 1. The average molecular weight is 305 g/mol. The predicted octanol–water partition coefficient (Wildman–Crippen LogP) is 4.06. The molecule has 0 aliphatic carbocycles. The van der Waals surface area contributed by atoms with E-state index in [1.165, 1.54) is 24.3 Å². The van der Waals surface area contributed by atoms with Crippen molar-refractivity contribution in [1.82, 2.24) is 0 Å². The maximum atomic E-state index is 12.8. The molecule has 0 unspecified atom stereocenters. The molecular weight excluding hydrogens is 295 g/mol. The topological polar surface area (TPSA) is 56.2 Å². The minimum atomic E-state index is -4.46. The molecule has 1 aromatic heterocycles. The zero-order chi connectivity index (χ0) is 15.9. The van der Waals surface area contributed by atoms with Crippen LogP contribution in [0.1, 0.15) is 5.56 Å². The van der Waals surface area contributed by atoms with Crippen LogP contribution in [0, 0.1) is 0 Å². The summed E-state index contributed by atoms with van der Waals surface area (Å²) in [7, 11) is 0. The molecule has 0 amide bonds. The van der Waals surface area contributed by atoms with E-state index in [1.807, 2.05) is 0 Å². The highest BCUT2D eigenvalue weighted by Crippen LogP contribution is 2.32. The van der Waals surface area contributed by atoms with Crippen LogP contribution in [-0.4, -0.2) is 0 Å². The van der Waals surface area contributed by atoms with Gasteiger partial charge >= 0.3 is 6.18 Å². The molecule has 0 aliphatic heterocycles. The Labute approximate surface area is 122 Å². The van der Waals surface area contributed by atoms with Gasteiger partial charge < -0.3 is 10.2 Å². The second-order valence-electron chi connectivity index (χ2n) is 4.81. The highest BCUT2D eigenvalue weighted by Gasteiger charge is 2.30. The molecule has 3 rings (SSSR count). The summed E-state index contributed by atoms with van der Waals surface area (Å²) in [6.07, 6.45) is -4.46. The van der Waals surface area contributed by atoms with Crippen molar-refractivity contribution in [3.63, 3.8) is 0 Å². The predicted molar refractivity (Wildman–Crippen MR) is 77.3 cm³/mol. The second-order valence-corrected chi connectivity index (χ2v) is 4.81. The number of nitrogens with two attached hydrogens (primary N) is 1. The summed E-state index contributed by atoms with van der Waals surface area (Å²) in [5.41, 5.74) is 5.31.